The zero-order valence-corrected chi connectivity index (χ0v) is 16.6. The molecule has 1 fully saturated rings. The van der Waals surface area contributed by atoms with E-state index in [1.165, 1.54) is 19.2 Å². The van der Waals surface area contributed by atoms with Gasteiger partial charge in [0.1, 0.15) is 10.6 Å². The van der Waals surface area contributed by atoms with E-state index in [-0.39, 0.29) is 35.0 Å². The van der Waals surface area contributed by atoms with Gasteiger partial charge in [0.25, 0.3) is 0 Å². The molecule has 0 spiro atoms. The Morgan fingerprint density at radius 1 is 1.44 bits per heavy atom. The van der Waals surface area contributed by atoms with E-state index in [1.807, 2.05) is 6.26 Å². The van der Waals surface area contributed by atoms with E-state index >= 15 is 0 Å². The van der Waals surface area contributed by atoms with Gasteiger partial charge in [-0.15, -0.1) is 12.4 Å². The summed E-state index contributed by atoms with van der Waals surface area (Å²) in [5, 5.41) is 2.66. The molecular weight excluding hydrogens is 386 g/mol. The summed E-state index contributed by atoms with van der Waals surface area (Å²) >= 11 is 1.61. The molecule has 0 heterocycles. The van der Waals surface area contributed by atoms with Gasteiger partial charge >= 0.3 is 0 Å². The molecule has 142 valence electrons. The van der Waals surface area contributed by atoms with Crippen LogP contribution in [0.15, 0.2) is 23.1 Å². The number of halogens is 1. The van der Waals surface area contributed by atoms with E-state index in [4.69, 9.17) is 10.5 Å². The van der Waals surface area contributed by atoms with Gasteiger partial charge in [0.15, 0.2) is 0 Å². The lowest BCUT2D eigenvalue weighted by atomic mass is 10.2. The summed E-state index contributed by atoms with van der Waals surface area (Å²) in [4.78, 5) is 12.1. The van der Waals surface area contributed by atoms with Crippen LogP contribution in [-0.4, -0.2) is 45.5 Å². The molecule has 0 saturated heterocycles. The Bertz CT molecular complexity index is 696. The van der Waals surface area contributed by atoms with Crippen molar-refractivity contribution in [3.05, 3.63) is 18.2 Å². The first-order valence-corrected chi connectivity index (χ1v) is 10.5. The van der Waals surface area contributed by atoms with Crippen LogP contribution in [0.1, 0.15) is 19.3 Å². The molecule has 7 nitrogen and oxygen atoms in total. The maximum Gasteiger partial charge on any atom is 0.244 e. The first-order valence-electron chi connectivity index (χ1n) is 7.63. The number of anilines is 1. The molecule has 0 aromatic heterocycles. The van der Waals surface area contributed by atoms with Crippen LogP contribution in [0.25, 0.3) is 0 Å². The van der Waals surface area contributed by atoms with E-state index in [9.17, 15) is 13.2 Å². The molecule has 1 saturated carbocycles. The van der Waals surface area contributed by atoms with E-state index in [0.717, 1.165) is 18.6 Å². The number of ether oxygens (including phenoxy) is 1. The highest BCUT2D eigenvalue weighted by atomic mass is 35.5. The summed E-state index contributed by atoms with van der Waals surface area (Å²) < 4.78 is 32.6. The predicted octanol–water partition coefficient (Wildman–Crippen LogP) is 1.58. The Hall–Kier alpha value is -1.00. The third-order valence-electron chi connectivity index (χ3n) is 3.59. The maximum atomic E-state index is 12.4. The highest BCUT2D eigenvalue weighted by Crippen LogP contribution is 2.29. The van der Waals surface area contributed by atoms with Crippen molar-refractivity contribution in [1.82, 2.24) is 4.72 Å². The third-order valence-corrected chi connectivity index (χ3v) is 5.78. The molecule has 1 atom stereocenters. The van der Waals surface area contributed by atoms with E-state index in [2.05, 4.69) is 10.0 Å². The highest BCUT2D eigenvalue weighted by Gasteiger charge is 2.30. The van der Waals surface area contributed by atoms with Gasteiger partial charge in [-0.05, 0) is 49.5 Å². The van der Waals surface area contributed by atoms with Crippen LogP contribution < -0.4 is 20.5 Å². The molecule has 0 unspecified atom stereocenters. The first kappa shape index (κ1) is 22.0. The Labute approximate surface area is 158 Å². The lowest BCUT2D eigenvalue weighted by Gasteiger charge is -2.15. The Morgan fingerprint density at radius 2 is 2.12 bits per heavy atom. The van der Waals surface area contributed by atoms with Crippen LogP contribution in [0.4, 0.5) is 5.69 Å². The lowest BCUT2D eigenvalue weighted by molar-refractivity contribution is -0.117. The number of carbonyl (C=O) groups excluding carboxylic acids is 1. The zero-order chi connectivity index (χ0) is 17.7. The second-order valence-electron chi connectivity index (χ2n) is 5.64. The molecule has 1 aromatic rings. The minimum atomic E-state index is -3.69. The molecule has 1 aliphatic rings. The fraction of sp³-hybridized carbons (Fsp3) is 0.533. The minimum absolute atomic E-state index is 0. The quantitative estimate of drug-likeness (QED) is 0.571. The van der Waals surface area contributed by atoms with Gasteiger partial charge < -0.3 is 15.8 Å². The molecule has 0 radical (unpaired) electrons. The molecule has 1 aromatic carbocycles. The number of hydrogen-bond acceptors (Lipinski definition) is 6. The zero-order valence-electron chi connectivity index (χ0n) is 14.2. The first-order chi connectivity index (χ1) is 11.4. The van der Waals surface area contributed by atoms with E-state index in [1.54, 1.807) is 17.8 Å². The molecule has 4 N–H and O–H groups in total. The van der Waals surface area contributed by atoms with E-state index in [0.29, 0.717) is 12.1 Å². The monoisotopic (exact) mass is 409 g/mol. The number of nitrogens with two attached hydrogens (primary N) is 1. The average molecular weight is 410 g/mol. The summed E-state index contributed by atoms with van der Waals surface area (Å²) in [6, 6.07) is 3.85. The molecule has 1 amide bonds. The van der Waals surface area contributed by atoms with E-state index < -0.39 is 16.1 Å². The molecule has 10 heteroatoms. The number of hydrogen-bond donors (Lipinski definition) is 3. The van der Waals surface area contributed by atoms with Gasteiger partial charge in [0.05, 0.1) is 13.2 Å². The largest absolute Gasteiger partial charge is 0.495 e. The van der Waals surface area contributed by atoms with Gasteiger partial charge in [-0.2, -0.15) is 11.8 Å². The topological polar surface area (TPSA) is 111 Å². The molecular formula is C15H24ClN3O4S2. The van der Waals surface area contributed by atoms with Crippen LogP contribution >= 0.6 is 24.2 Å². The fourth-order valence-corrected chi connectivity index (χ4v) is 4.05. The molecule has 0 aliphatic heterocycles. The number of amides is 1. The summed E-state index contributed by atoms with van der Waals surface area (Å²) in [5.74, 6) is 0.669. The van der Waals surface area contributed by atoms with Crippen molar-refractivity contribution in [3.63, 3.8) is 0 Å². The molecule has 1 aliphatic carbocycles. The smallest absolute Gasteiger partial charge is 0.244 e. The van der Waals surface area contributed by atoms with Crippen molar-refractivity contribution in [2.75, 3.05) is 24.4 Å². The maximum absolute atomic E-state index is 12.4. The second-order valence-corrected chi connectivity index (χ2v) is 8.31. The van der Waals surface area contributed by atoms with Crippen LogP contribution in [0.2, 0.25) is 0 Å². The summed E-state index contributed by atoms with van der Waals surface area (Å²) in [6.45, 7) is 0. The molecule has 2 rings (SSSR count). The van der Waals surface area contributed by atoms with Crippen LogP contribution in [-0.2, 0) is 14.8 Å². The van der Waals surface area contributed by atoms with Crippen molar-refractivity contribution >= 4 is 45.8 Å². The normalized spacial score (nSPS) is 15.2. The fourth-order valence-electron chi connectivity index (χ4n) is 2.06. The van der Waals surface area contributed by atoms with Crippen LogP contribution in [0.5, 0.6) is 5.75 Å². The Balaban J connectivity index is 0.00000312. The number of nitrogens with one attached hydrogen (secondary N) is 2. The number of benzene rings is 1. The SMILES string of the molecule is COc1ccc(NC(=O)[C@@H](N)CCSC)cc1S(=O)(=O)NC1CC1.Cl. The predicted molar refractivity (Wildman–Crippen MR) is 103 cm³/mol. The standard InChI is InChI=1S/C15H23N3O4S2.ClH/c1-22-13-6-5-11(17-15(19)12(16)7-8-23-2)9-14(13)24(20,21)18-10-3-4-10;/h5-6,9-10,12,18H,3-4,7-8,16H2,1-2H3,(H,17,19);1H/t12-;/m0./s1. The van der Waals surface area contributed by atoms with Gasteiger partial charge in [-0.1, -0.05) is 0 Å². The van der Waals surface area contributed by atoms with Crippen molar-refractivity contribution in [2.45, 2.75) is 36.2 Å². The Morgan fingerprint density at radius 3 is 2.68 bits per heavy atom. The highest BCUT2D eigenvalue weighted by molar-refractivity contribution is 7.98. The number of rotatable bonds is 9. The number of thioether (sulfide) groups is 1. The second kappa shape index (κ2) is 9.63. The van der Waals surface area contributed by atoms with Crippen LogP contribution in [0.3, 0.4) is 0 Å². The van der Waals surface area contributed by atoms with Crippen molar-refractivity contribution < 1.29 is 17.9 Å². The summed E-state index contributed by atoms with van der Waals surface area (Å²) in [7, 11) is -2.29. The van der Waals surface area contributed by atoms with Gasteiger partial charge in [-0.3, -0.25) is 4.79 Å². The van der Waals surface area contributed by atoms with Gasteiger partial charge in [-0.25, -0.2) is 13.1 Å². The van der Waals surface area contributed by atoms with Crippen molar-refractivity contribution in [2.24, 2.45) is 5.73 Å². The third kappa shape index (κ3) is 6.34. The molecule has 0 bridgehead atoms. The molecule has 25 heavy (non-hydrogen) atoms. The average Bonchev–Trinajstić information content (AvgIpc) is 3.35. The van der Waals surface area contributed by atoms with Crippen molar-refractivity contribution in [3.8, 4) is 5.75 Å². The Kier molecular flexibility index (Phi) is 8.49. The van der Waals surface area contributed by atoms with Crippen LogP contribution in [0, 0.1) is 0 Å². The summed E-state index contributed by atoms with van der Waals surface area (Å²) in [6.07, 6.45) is 4.17. The summed E-state index contributed by atoms with van der Waals surface area (Å²) in [5.41, 5.74) is 6.20. The lowest BCUT2D eigenvalue weighted by Crippen LogP contribution is -2.36. The number of carbonyl (C=O) groups is 1. The van der Waals surface area contributed by atoms with Gasteiger partial charge in [0, 0.05) is 11.7 Å². The van der Waals surface area contributed by atoms with Crippen molar-refractivity contribution in [1.29, 1.82) is 0 Å². The minimum Gasteiger partial charge on any atom is -0.495 e. The van der Waals surface area contributed by atoms with Gasteiger partial charge in [0.2, 0.25) is 15.9 Å². The number of sulfonamides is 1. The number of methoxy groups -OCH3 is 1.